The summed E-state index contributed by atoms with van der Waals surface area (Å²) in [4.78, 5) is 6.80. The van der Waals surface area contributed by atoms with E-state index in [2.05, 4.69) is 69.3 Å². The van der Waals surface area contributed by atoms with E-state index in [-0.39, 0.29) is 12.1 Å². The van der Waals surface area contributed by atoms with Crippen LogP contribution >= 0.6 is 12.2 Å². The van der Waals surface area contributed by atoms with Crippen molar-refractivity contribution in [3.05, 3.63) is 108 Å². The Morgan fingerprint density at radius 3 is 2.59 bits per heavy atom. The van der Waals surface area contributed by atoms with Crippen molar-refractivity contribution >= 4 is 23.0 Å². The van der Waals surface area contributed by atoms with Crippen molar-refractivity contribution in [1.29, 1.82) is 0 Å². The molecular weight excluding hydrogens is 416 g/mol. The Labute approximate surface area is 193 Å². The van der Waals surface area contributed by atoms with Crippen molar-refractivity contribution < 1.29 is 4.74 Å². The third-order valence-electron chi connectivity index (χ3n) is 5.81. The Kier molecular flexibility index (Phi) is 5.37. The first-order chi connectivity index (χ1) is 15.7. The number of benzene rings is 2. The number of nitrogens with zero attached hydrogens (tertiary/aromatic N) is 3. The van der Waals surface area contributed by atoms with Crippen molar-refractivity contribution in [2.24, 2.45) is 0 Å². The van der Waals surface area contributed by atoms with Crippen molar-refractivity contribution in [1.82, 2.24) is 14.9 Å². The summed E-state index contributed by atoms with van der Waals surface area (Å²) in [6, 6.07) is 26.5. The number of aromatic nitrogens is 2. The minimum absolute atomic E-state index is 0.118. The van der Waals surface area contributed by atoms with Crippen molar-refractivity contribution in [2.45, 2.75) is 19.0 Å². The topological polar surface area (TPSA) is 42.3 Å². The second-order valence-electron chi connectivity index (χ2n) is 7.81. The second kappa shape index (κ2) is 8.48. The molecule has 4 aromatic rings. The lowest BCUT2D eigenvalue weighted by Gasteiger charge is -2.30. The first-order valence-electron chi connectivity index (χ1n) is 10.6. The maximum absolute atomic E-state index is 5.86. The van der Waals surface area contributed by atoms with Gasteiger partial charge in [-0.25, -0.2) is 0 Å². The number of thiocarbonyl (C=S) groups is 1. The molecular formula is C26H24N4OS. The molecule has 0 aliphatic carbocycles. The Balaban J connectivity index is 1.70. The third kappa shape index (κ3) is 3.52. The number of rotatable bonds is 5. The van der Waals surface area contributed by atoms with Gasteiger partial charge in [-0.1, -0.05) is 30.3 Å². The Bertz CT molecular complexity index is 1250. The predicted octanol–water partition coefficient (Wildman–Crippen LogP) is 5.37. The summed E-state index contributed by atoms with van der Waals surface area (Å²) in [5.74, 6) is 0.775. The molecule has 0 bridgehead atoms. The number of para-hydroxylation sites is 2. The van der Waals surface area contributed by atoms with E-state index in [4.69, 9.17) is 17.0 Å². The van der Waals surface area contributed by atoms with E-state index >= 15 is 0 Å². The van der Waals surface area contributed by atoms with Crippen LogP contribution in [0.1, 0.15) is 29.0 Å². The highest BCUT2D eigenvalue weighted by Crippen LogP contribution is 2.44. The highest BCUT2D eigenvalue weighted by atomic mass is 32.1. The quantitative estimate of drug-likeness (QED) is 0.423. The monoisotopic (exact) mass is 440 g/mol. The van der Waals surface area contributed by atoms with Crippen LogP contribution in [0.15, 0.2) is 91.3 Å². The van der Waals surface area contributed by atoms with E-state index in [1.54, 1.807) is 7.11 Å². The van der Waals surface area contributed by atoms with Crippen LogP contribution in [-0.2, 0) is 0 Å². The summed E-state index contributed by atoms with van der Waals surface area (Å²) in [6.07, 6.45) is 3.92. The summed E-state index contributed by atoms with van der Waals surface area (Å²) in [5, 5.41) is 4.17. The van der Waals surface area contributed by atoms with Crippen LogP contribution in [0.2, 0.25) is 0 Å². The molecule has 2 aromatic heterocycles. The number of aryl methyl sites for hydroxylation is 1. The van der Waals surface area contributed by atoms with E-state index in [0.717, 1.165) is 28.5 Å². The molecule has 0 spiro atoms. The van der Waals surface area contributed by atoms with Gasteiger partial charge in [0.1, 0.15) is 11.8 Å². The molecule has 2 atom stereocenters. The minimum atomic E-state index is -0.121. The Hall–Kier alpha value is -3.64. The molecule has 0 radical (unpaired) electrons. The zero-order valence-electron chi connectivity index (χ0n) is 18.0. The predicted molar refractivity (Wildman–Crippen MR) is 131 cm³/mol. The van der Waals surface area contributed by atoms with E-state index < -0.39 is 0 Å². The number of hydrogen-bond acceptors (Lipinski definition) is 3. The third-order valence-corrected chi connectivity index (χ3v) is 6.12. The van der Waals surface area contributed by atoms with Gasteiger partial charge in [-0.3, -0.25) is 4.98 Å². The van der Waals surface area contributed by atoms with Gasteiger partial charge in [-0.05, 0) is 73.2 Å². The summed E-state index contributed by atoms with van der Waals surface area (Å²) in [7, 11) is 1.69. The van der Waals surface area contributed by atoms with Crippen molar-refractivity contribution in [2.75, 3.05) is 12.0 Å². The van der Waals surface area contributed by atoms with Crippen LogP contribution in [0, 0.1) is 6.92 Å². The van der Waals surface area contributed by atoms with E-state index in [1.165, 1.54) is 5.56 Å². The lowest BCUT2D eigenvalue weighted by atomic mass is 10.0. The lowest BCUT2D eigenvalue weighted by Crippen LogP contribution is -2.30. The zero-order valence-corrected chi connectivity index (χ0v) is 18.8. The fourth-order valence-corrected chi connectivity index (χ4v) is 4.73. The van der Waals surface area contributed by atoms with Crippen LogP contribution in [-0.4, -0.2) is 21.8 Å². The molecule has 1 N–H and O–H groups in total. The van der Waals surface area contributed by atoms with E-state index in [9.17, 15) is 0 Å². The number of ether oxygens (including phenoxy) is 1. The van der Waals surface area contributed by atoms with Gasteiger partial charge in [-0.2, -0.15) is 0 Å². The first kappa shape index (κ1) is 20.3. The second-order valence-corrected chi connectivity index (χ2v) is 8.20. The Morgan fingerprint density at radius 1 is 0.969 bits per heavy atom. The SMILES string of the molecule is COc1ccccc1N1C(=S)N[C@@H](c2ccccn2)[C@H]1c1cccn1-c1cccc(C)c1. The summed E-state index contributed by atoms with van der Waals surface area (Å²) < 4.78 is 7.92. The Morgan fingerprint density at radius 2 is 1.81 bits per heavy atom. The highest BCUT2D eigenvalue weighted by Gasteiger charge is 2.43. The number of methoxy groups -OCH3 is 1. The summed E-state index contributed by atoms with van der Waals surface area (Å²) in [6.45, 7) is 2.11. The maximum atomic E-state index is 5.86. The van der Waals surface area contributed by atoms with Gasteiger partial charge in [0.15, 0.2) is 5.11 Å². The minimum Gasteiger partial charge on any atom is -0.495 e. The van der Waals surface area contributed by atoms with Crippen LogP contribution in [0.4, 0.5) is 5.69 Å². The van der Waals surface area contributed by atoms with Gasteiger partial charge in [0.25, 0.3) is 0 Å². The fraction of sp³-hybridized carbons (Fsp3) is 0.154. The molecule has 5 rings (SSSR count). The van der Waals surface area contributed by atoms with Crippen molar-refractivity contribution in [3.8, 4) is 11.4 Å². The summed E-state index contributed by atoms with van der Waals surface area (Å²) >= 11 is 5.86. The van der Waals surface area contributed by atoms with Crippen LogP contribution in [0.25, 0.3) is 5.69 Å². The molecule has 32 heavy (non-hydrogen) atoms. The normalized spacial score (nSPS) is 17.9. The van der Waals surface area contributed by atoms with Gasteiger partial charge in [0.2, 0.25) is 0 Å². The molecule has 160 valence electrons. The molecule has 5 nitrogen and oxygen atoms in total. The number of anilines is 1. The van der Waals surface area contributed by atoms with E-state index in [1.807, 2.05) is 48.7 Å². The van der Waals surface area contributed by atoms with Gasteiger partial charge in [0, 0.05) is 23.8 Å². The van der Waals surface area contributed by atoms with Gasteiger partial charge < -0.3 is 19.5 Å². The smallest absolute Gasteiger partial charge is 0.174 e. The van der Waals surface area contributed by atoms with Gasteiger partial charge >= 0.3 is 0 Å². The molecule has 6 heteroatoms. The molecule has 0 unspecified atom stereocenters. The molecule has 0 saturated carbocycles. The first-order valence-corrected chi connectivity index (χ1v) is 11.0. The van der Waals surface area contributed by atoms with Crippen LogP contribution < -0.4 is 15.0 Å². The van der Waals surface area contributed by atoms with Gasteiger partial charge in [-0.15, -0.1) is 0 Å². The average molecular weight is 441 g/mol. The molecule has 1 aliphatic heterocycles. The standard InChI is InChI=1S/C26H24N4OS/c1-18-9-7-10-19(17-18)29-16-8-13-22(29)25-24(20-11-5-6-15-27-20)28-26(32)30(25)21-12-3-4-14-23(21)31-2/h3-17,24-25H,1-2H3,(H,28,32)/t24-,25+/m0/s1. The largest absolute Gasteiger partial charge is 0.495 e. The number of pyridine rings is 1. The van der Waals surface area contributed by atoms with Crippen LogP contribution in [0.3, 0.4) is 0 Å². The number of hydrogen-bond donors (Lipinski definition) is 1. The molecule has 1 saturated heterocycles. The molecule has 1 aliphatic rings. The lowest BCUT2D eigenvalue weighted by molar-refractivity contribution is 0.414. The number of nitrogens with one attached hydrogen (secondary N) is 1. The average Bonchev–Trinajstić information content (AvgIpc) is 3.44. The summed E-state index contributed by atoms with van der Waals surface area (Å²) in [5.41, 5.74) is 5.30. The molecule has 1 fully saturated rings. The molecule has 2 aromatic carbocycles. The molecule has 3 heterocycles. The van der Waals surface area contributed by atoms with Crippen molar-refractivity contribution in [3.63, 3.8) is 0 Å². The fourth-order valence-electron chi connectivity index (χ4n) is 4.39. The maximum Gasteiger partial charge on any atom is 0.174 e. The van der Waals surface area contributed by atoms with Crippen LogP contribution in [0.5, 0.6) is 5.75 Å². The zero-order chi connectivity index (χ0) is 22.1. The van der Waals surface area contributed by atoms with Gasteiger partial charge in [0.05, 0.1) is 24.5 Å². The molecule has 0 amide bonds. The highest BCUT2D eigenvalue weighted by molar-refractivity contribution is 7.80. The van der Waals surface area contributed by atoms with E-state index in [0.29, 0.717) is 5.11 Å².